The number of anilines is 1. The Hall–Kier alpha value is -2.76. The fraction of sp³-hybridized carbons (Fsp3) is 0.231. The van der Waals surface area contributed by atoms with Crippen LogP contribution in [0.1, 0.15) is 39.5 Å². The molecule has 1 N–H and O–H groups in total. The van der Waals surface area contributed by atoms with E-state index in [1.807, 2.05) is 44.2 Å². The molecule has 158 valence electrons. The third-order valence-corrected chi connectivity index (χ3v) is 6.64. The van der Waals surface area contributed by atoms with Crippen LogP contribution in [0.15, 0.2) is 71.2 Å². The summed E-state index contributed by atoms with van der Waals surface area (Å²) in [6.07, 6.45) is 0. The molecule has 0 aromatic heterocycles. The molecule has 31 heavy (non-hydrogen) atoms. The molecule has 1 aliphatic heterocycles. The highest BCUT2D eigenvalue weighted by Gasteiger charge is 2.55. The number of nitrogens with zero attached hydrogens (tertiary/aromatic N) is 1. The molecule has 0 bridgehead atoms. The summed E-state index contributed by atoms with van der Waals surface area (Å²) in [4.78, 5) is 28.5. The van der Waals surface area contributed by atoms with Crippen LogP contribution in [-0.2, 0) is 16.9 Å². The van der Waals surface area contributed by atoms with E-state index in [1.165, 1.54) is 0 Å². The number of halogens is 1. The van der Waals surface area contributed by atoms with E-state index >= 15 is 0 Å². The standard InChI is InChI=1S/C26H24BrNO3/c1-16-9-10-17(2)20(13-16)15-28-23-12-11-21(27)14-22(23)26(31,25(28)30)18(3)24(29)19-7-5-4-6-8-19/h4-14,18,31H,15H2,1-3H3. The molecule has 4 nitrogen and oxygen atoms in total. The third kappa shape index (κ3) is 3.62. The van der Waals surface area contributed by atoms with E-state index < -0.39 is 17.4 Å². The lowest BCUT2D eigenvalue weighted by molar-refractivity contribution is -0.139. The molecule has 2 unspecified atom stereocenters. The van der Waals surface area contributed by atoms with Crippen LogP contribution >= 0.6 is 15.9 Å². The van der Waals surface area contributed by atoms with E-state index in [0.717, 1.165) is 21.2 Å². The molecule has 2 atom stereocenters. The monoisotopic (exact) mass is 477 g/mol. The second-order valence-corrected chi connectivity index (χ2v) is 9.12. The zero-order valence-electron chi connectivity index (χ0n) is 17.7. The van der Waals surface area contributed by atoms with Gasteiger partial charge in [0.1, 0.15) is 0 Å². The Morgan fingerprint density at radius 1 is 1.06 bits per heavy atom. The number of carbonyl (C=O) groups excluding carboxylic acids is 2. The van der Waals surface area contributed by atoms with E-state index in [2.05, 4.69) is 22.0 Å². The van der Waals surface area contributed by atoms with Crippen LogP contribution in [0.4, 0.5) is 5.69 Å². The number of ketones is 1. The maximum absolute atomic E-state index is 13.7. The highest BCUT2D eigenvalue weighted by atomic mass is 79.9. The van der Waals surface area contributed by atoms with E-state index in [0.29, 0.717) is 23.4 Å². The lowest BCUT2D eigenvalue weighted by Crippen LogP contribution is -2.47. The minimum Gasteiger partial charge on any atom is -0.375 e. The first-order valence-corrected chi connectivity index (χ1v) is 11.0. The number of carbonyl (C=O) groups is 2. The molecule has 0 spiro atoms. The summed E-state index contributed by atoms with van der Waals surface area (Å²) in [5, 5.41) is 11.8. The van der Waals surface area contributed by atoms with Gasteiger partial charge in [0.2, 0.25) is 0 Å². The van der Waals surface area contributed by atoms with Crippen LogP contribution in [0.2, 0.25) is 0 Å². The second kappa shape index (κ2) is 8.06. The first-order chi connectivity index (χ1) is 14.7. The predicted molar refractivity (Wildman–Crippen MR) is 125 cm³/mol. The summed E-state index contributed by atoms with van der Waals surface area (Å²) in [7, 11) is 0. The van der Waals surface area contributed by atoms with Crippen molar-refractivity contribution >= 4 is 33.3 Å². The number of fused-ring (bicyclic) bond motifs is 1. The number of hydrogen-bond donors (Lipinski definition) is 1. The van der Waals surface area contributed by atoms with Gasteiger partial charge in [-0.3, -0.25) is 9.59 Å². The van der Waals surface area contributed by atoms with E-state index in [1.54, 1.807) is 42.2 Å². The Kier molecular flexibility index (Phi) is 5.58. The van der Waals surface area contributed by atoms with Crippen LogP contribution in [-0.4, -0.2) is 16.8 Å². The summed E-state index contributed by atoms with van der Waals surface area (Å²) in [5.41, 5.74) is 2.80. The number of hydrogen-bond acceptors (Lipinski definition) is 3. The molecular weight excluding hydrogens is 454 g/mol. The number of aliphatic hydroxyl groups is 1. The zero-order chi connectivity index (χ0) is 22.3. The highest BCUT2D eigenvalue weighted by molar-refractivity contribution is 9.10. The molecule has 0 fully saturated rings. The first-order valence-electron chi connectivity index (χ1n) is 10.2. The average molecular weight is 478 g/mol. The summed E-state index contributed by atoms with van der Waals surface area (Å²) in [5.74, 6) is -1.69. The topological polar surface area (TPSA) is 57.6 Å². The van der Waals surface area contributed by atoms with Gasteiger partial charge in [0.05, 0.1) is 18.2 Å². The molecule has 4 rings (SSSR count). The second-order valence-electron chi connectivity index (χ2n) is 8.20. The lowest BCUT2D eigenvalue weighted by atomic mass is 9.79. The Bertz CT molecular complexity index is 1170. The molecule has 1 aliphatic rings. The number of Topliss-reactive ketones (excluding diaryl/α,β-unsaturated/α-hetero) is 1. The van der Waals surface area contributed by atoms with Crippen molar-refractivity contribution in [1.82, 2.24) is 0 Å². The van der Waals surface area contributed by atoms with E-state index in [-0.39, 0.29) is 5.78 Å². The SMILES string of the molecule is Cc1ccc(C)c(CN2C(=O)C(O)(C(C)C(=O)c3ccccc3)c3cc(Br)ccc32)c1. The lowest BCUT2D eigenvalue weighted by Gasteiger charge is -2.29. The number of amides is 1. The fourth-order valence-electron chi connectivity index (χ4n) is 4.24. The van der Waals surface area contributed by atoms with Gasteiger partial charge in [0.25, 0.3) is 5.91 Å². The maximum atomic E-state index is 13.7. The van der Waals surface area contributed by atoms with Crippen LogP contribution < -0.4 is 4.90 Å². The van der Waals surface area contributed by atoms with Crippen molar-refractivity contribution < 1.29 is 14.7 Å². The molecule has 3 aromatic rings. The molecule has 5 heteroatoms. The van der Waals surface area contributed by atoms with Gasteiger partial charge in [-0.25, -0.2) is 0 Å². The van der Waals surface area contributed by atoms with E-state index in [4.69, 9.17) is 0 Å². The smallest absolute Gasteiger partial charge is 0.264 e. The summed E-state index contributed by atoms with van der Waals surface area (Å²) in [6.45, 7) is 5.97. The van der Waals surface area contributed by atoms with Gasteiger partial charge in [0, 0.05) is 15.6 Å². The molecule has 0 radical (unpaired) electrons. The Morgan fingerprint density at radius 2 is 1.77 bits per heavy atom. The molecule has 1 amide bonds. The van der Waals surface area contributed by atoms with Gasteiger partial charge < -0.3 is 10.0 Å². The van der Waals surface area contributed by atoms with Gasteiger partial charge in [-0.2, -0.15) is 0 Å². The number of rotatable bonds is 5. The number of benzene rings is 3. The summed E-state index contributed by atoms with van der Waals surface area (Å²) in [6, 6.07) is 20.3. The van der Waals surface area contributed by atoms with Gasteiger partial charge in [-0.15, -0.1) is 0 Å². The number of aryl methyl sites for hydroxylation is 2. The zero-order valence-corrected chi connectivity index (χ0v) is 19.3. The largest absolute Gasteiger partial charge is 0.375 e. The quantitative estimate of drug-likeness (QED) is 0.505. The summed E-state index contributed by atoms with van der Waals surface area (Å²) < 4.78 is 0.741. The van der Waals surface area contributed by atoms with Crippen molar-refractivity contribution in [2.75, 3.05) is 4.90 Å². The third-order valence-electron chi connectivity index (χ3n) is 6.14. The molecule has 1 heterocycles. The molecule has 0 saturated heterocycles. The van der Waals surface area contributed by atoms with Gasteiger partial charge >= 0.3 is 0 Å². The maximum Gasteiger partial charge on any atom is 0.264 e. The van der Waals surface area contributed by atoms with Crippen molar-refractivity contribution in [2.24, 2.45) is 5.92 Å². The Morgan fingerprint density at radius 3 is 2.48 bits per heavy atom. The minimum atomic E-state index is -1.94. The van der Waals surface area contributed by atoms with Gasteiger partial charge in [-0.05, 0) is 43.2 Å². The van der Waals surface area contributed by atoms with Crippen molar-refractivity contribution in [3.05, 3.63) is 99.0 Å². The Labute approximate surface area is 190 Å². The highest BCUT2D eigenvalue weighted by Crippen LogP contribution is 2.47. The minimum absolute atomic E-state index is 0.268. The first kappa shape index (κ1) is 21.5. The van der Waals surface area contributed by atoms with Crippen molar-refractivity contribution in [2.45, 2.75) is 32.9 Å². The molecular formula is C26H24BrNO3. The normalized spacial score (nSPS) is 18.7. The van der Waals surface area contributed by atoms with Gasteiger partial charge in [-0.1, -0.05) is 76.9 Å². The van der Waals surface area contributed by atoms with E-state index in [9.17, 15) is 14.7 Å². The summed E-state index contributed by atoms with van der Waals surface area (Å²) >= 11 is 3.45. The molecule has 3 aromatic carbocycles. The van der Waals surface area contributed by atoms with Crippen molar-refractivity contribution in [1.29, 1.82) is 0 Å². The van der Waals surface area contributed by atoms with Crippen LogP contribution in [0, 0.1) is 19.8 Å². The van der Waals surface area contributed by atoms with Crippen LogP contribution in [0.5, 0.6) is 0 Å². The fourth-order valence-corrected chi connectivity index (χ4v) is 4.60. The molecule has 0 aliphatic carbocycles. The Balaban J connectivity index is 1.79. The van der Waals surface area contributed by atoms with Gasteiger partial charge in [0.15, 0.2) is 11.4 Å². The predicted octanol–water partition coefficient (Wildman–Crippen LogP) is 5.32. The van der Waals surface area contributed by atoms with Crippen molar-refractivity contribution in [3.8, 4) is 0 Å². The van der Waals surface area contributed by atoms with Crippen LogP contribution in [0.25, 0.3) is 0 Å². The molecule has 0 saturated carbocycles. The average Bonchev–Trinajstić information content (AvgIpc) is 2.98. The van der Waals surface area contributed by atoms with Crippen LogP contribution in [0.3, 0.4) is 0 Å². The van der Waals surface area contributed by atoms with Crippen molar-refractivity contribution in [3.63, 3.8) is 0 Å².